The molecule has 31 heavy (non-hydrogen) atoms. The number of ether oxygens (including phenoxy) is 1. The third-order valence-electron chi connectivity index (χ3n) is 4.94. The van der Waals surface area contributed by atoms with Crippen LogP contribution in [0.4, 0.5) is 4.79 Å². The Kier molecular flexibility index (Phi) is 7.72. The zero-order valence-electron chi connectivity index (χ0n) is 19.3. The van der Waals surface area contributed by atoms with Crippen LogP contribution in [0, 0.1) is 27.7 Å². The van der Waals surface area contributed by atoms with Crippen LogP contribution >= 0.6 is 6.04 Å². The van der Waals surface area contributed by atoms with Gasteiger partial charge >= 0.3 is 12.1 Å². The van der Waals surface area contributed by atoms with Crippen molar-refractivity contribution in [3.63, 3.8) is 0 Å². The van der Waals surface area contributed by atoms with Crippen molar-refractivity contribution in [2.24, 2.45) is 0 Å². The van der Waals surface area contributed by atoms with Gasteiger partial charge in [-0.15, -0.1) is 0 Å². The quantitative estimate of drug-likeness (QED) is 0.627. The molecule has 0 saturated heterocycles. The number of amides is 1. The van der Waals surface area contributed by atoms with Crippen LogP contribution in [0.25, 0.3) is 0 Å². The minimum atomic E-state index is -2.59. The number of carboxylic acid groups (broad SMARTS) is 1. The van der Waals surface area contributed by atoms with E-state index >= 15 is 0 Å². The number of carbonyl (C=O) groups is 2. The third kappa shape index (κ3) is 6.41. The summed E-state index contributed by atoms with van der Waals surface area (Å²) in [4.78, 5) is 24.5. The fraction of sp³-hybridized carbons (Fsp3) is 0.417. The van der Waals surface area contributed by atoms with Gasteiger partial charge in [0.25, 0.3) is 0 Å². The summed E-state index contributed by atoms with van der Waals surface area (Å²) in [7, 11) is 0. The molecule has 0 bridgehead atoms. The highest BCUT2D eigenvalue weighted by atomic mass is 32.4. The number of benzene rings is 2. The summed E-state index contributed by atoms with van der Waals surface area (Å²) >= 11 is 6.34. The molecule has 0 aromatic heterocycles. The SMILES string of the molecule is Cc1ccc(C)c(P(=S)(C[C@H](NC(=O)OC(C)(C)C)C(=O)O)c2cc(C)ccc2C)c1. The van der Waals surface area contributed by atoms with Gasteiger partial charge in [-0.05, 0) is 70.2 Å². The van der Waals surface area contributed by atoms with Crippen molar-refractivity contribution in [2.75, 3.05) is 6.16 Å². The maximum atomic E-state index is 12.4. The zero-order valence-corrected chi connectivity index (χ0v) is 21.0. The molecular formula is C24H32NO4PS. The van der Waals surface area contributed by atoms with E-state index in [2.05, 4.69) is 17.4 Å². The van der Waals surface area contributed by atoms with Gasteiger partial charge < -0.3 is 15.2 Å². The Labute approximate surface area is 190 Å². The van der Waals surface area contributed by atoms with Crippen LogP contribution in [-0.2, 0) is 21.3 Å². The molecular weight excluding hydrogens is 429 g/mol. The molecule has 5 nitrogen and oxygen atoms in total. The van der Waals surface area contributed by atoms with E-state index in [4.69, 9.17) is 16.5 Å². The van der Waals surface area contributed by atoms with E-state index in [0.29, 0.717) is 0 Å². The monoisotopic (exact) mass is 461 g/mol. The molecule has 2 aromatic rings. The van der Waals surface area contributed by atoms with Crippen LogP contribution in [-0.4, -0.2) is 35.0 Å². The molecule has 2 rings (SSSR count). The van der Waals surface area contributed by atoms with Crippen LogP contribution in [0.1, 0.15) is 43.0 Å². The number of carboxylic acids is 1. The largest absolute Gasteiger partial charge is 0.480 e. The first-order valence-electron chi connectivity index (χ1n) is 10.2. The molecule has 0 heterocycles. The lowest BCUT2D eigenvalue weighted by molar-refractivity contribution is -0.138. The van der Waals surface area contributed by atoms with E-state index in [1.807, 2.05) is 52.0 Å². The molecule has 0 radical (unpaired) electrons. The van der Waals surface area contributed by atoms with Gasteiger partial charge in [0.1, 0.15) is 11.6 Å². The second-order valence-corrected chi connectivity index (χ2v) is 13.7. The Morgan fingerprint density at radius 3 is 1.84 bits per heavy atom. The van der Waals surface area contributed by atoms with Crippen LogP contribution < -0.4 is 15.9 Å². The molecule has 2 N–H and O–H groups in total. The lowest BCUT2D eigenvalue weighted by atomic mass is 10.2. The van der Waals surface area contributed by atoms with Crippen molar-refractivity contribution >= 4 is 40.5 Å². The van der Waals surface area contributed by atoms with Crippen molar-refractivity contribution in [1.29, 1.82) is 0 Å². The van der Waals surface area contributed by atoms with Crippen molar-refractivity contribution < 1.29 is 19.4 Å². The maximum absolute atomic E-state index is 12.4. The molecule has 2 aromatic carbocycles. The molecule has 0 spiro atoms. The van der Waals surface area contributed by atoms with Gasteiger partial charge in [-0.3, -0.25) is 0 Å². The molecule has 0 unspecified atom stereocenters. The normalized spacial score (nSPS) is 12.9. The molecule has 0 aliphatic heterocycles. The first-order valence-corrected chi connectivity index (χ1v) is 13.2. The fourth-order valence-corrected chi connectivity index (χ4v) is 8.59. The van der Waals surface area contributed by atoms with Crippen molar-refractivity contribution in [3.8, 4) is 0 Å². The molecule has 0 aliphatic rings. The van der Waals surface area contributed by atoms with Gasteiger partial charge in [0.15, 0.2) is 0 Å². The smallest absolute Gasteiger partial charge is 0.408 e. The van der Waals surface area contributed by atoms with Crippen LogP contribution in [0.2, 0.25) is 0 Å². The maximum Gasteiger partial charge on any atom is 0.408 e. The standard InChI is InChI=1S/C24H32NO4PS/c1-15-8-10-17(3)20(12-15)30(31,21-13-16(2)9-11-18(21)4)14-19(22(26)27)25-23(28)29-24(5,6)7/h8-13,19H,14H2,1-7H3,(H,25,28)(H,26,27)/t19-/m0/s1. The summed E-state index contributed by atoms with van der Waals surface area (Å²) < 4.78 is 5.29. The summed E-state index contributed by atoms with van der Waals surface area (Å²) in [5.74, 6) is -1.13. The average molecular weight is 462 g/mol. The van der Waals surface area contributed by atoms with Gasteiger partial charge in [-0.25, -0.2) is 9.59 Å². The minimum absolute atomic E-state index is 0.117. The number of hydrogen-bond acceptors (Lipinski definition) is 4. The second-order valence-electron chi connectivity index (χ2n) is 9.04. The number of aryl methyl sites for hydroxylation is 4. The van der Waals surface area contributed by atoms with Gasteiger partial charge in [0, 0.05) is 12.2 Å². The van der Waals surface area contributed by atoms with Gasteiger partial charge in [0.2, 0.25) is 0 Å². The average Bonchev–Trinajstić information content (AvgIpc) is 2.63. The first-order chi connectivity index (χ1) is 14.2. The Balaban J connectivity index is 2.60. The second kappa shape index (κ2) is 9.54. The molecule has 0 fully saturated rings. The molecule has 0 aliphatic carbocycles. The van der Waals surface area contributed by atoms with Crippen molar-refractivity contribution in [3.05, 3.63) is 58.7 Å². The molecule has 1 atom stereocenters. The predicted octanol–water partition coefficient (Wildman–Crippen LogP) is 4.33. The van der Waals surface area contributed by atoms with Gasteiger partial charge in [-0.2, -0.15) is 0 Å². The Morgan fingerprint density at radius 2 is 1.45 bits per heavy atom. The number of rotatable bonds is 6. The third-order valence-corrected chi connectivity index (χ3v) is 9.96. The number of carbonyl (C=O) groups excluding carboxylic acids is 1. The van der Waals surface area contributed by atoms with Gasteiger partial charge in [-0.1, -0.05) is 59.3 Å². The number of nitrogens with one attached hydrogen (secondary N) is 1. The predicted molar refractivity (Wildman–Crippen MR) is 131 cm³/mol. The van der Waals surface area contributed by atoms with Crippen molar-refractivity contribution in [2.45, 2.75) is 60.1 Å². The van der Waals surface area contributed by atoms with E-state index in [9.17, 15) is 14.7 Å². The zero-order chi connectivity index (χ0) is 23.6. The van der Waals surface area contributed by atoms with Gasteiger partial charge in [0.05, 0.1) is 0 Å². The van der Waals surface area contributed by atoms with E-state index in [1.54, 1.807) is 20.8 Å². The van der Waals surface area contributed by atoms with Crippen molar-refractivity contribution in [1.82, 2.24) is 5.32 Å². The highest BCUT2D eigenvalue weighted by molar-refractivity contribution is 8.22. The van der Waals surface area contributed by atoms with Crippen LogP contribution in [0.3, 0.4) is 0 Å². The highest BCUT2D eigenvalue weighted by Gasteiger charge is 2.34. The Bertz CT molecular complexity index is 987. The van der Waals surface area contributed by atoms with E-state index < -0.39 is 29.7 Å². The molecule has 168 valence electrons. The van der Waals surface area contributed by atoms with E-state index in [1.165, 1.54) is 0 Å². The lowest BCUT2D eigenvalue weighted by Crippen LogP contribution is -2.47. The Hall–Kier alpha value is -2.17. The summed E-state index contributed by atoms with van der Waals surface area (Å²) in [6, 6.07) is 8.45. The first kappa shape index (κ1) is 25.1. The minimum Gasteiger partial charge on any atom is -0.480 e. The number of hydrogen-bond donors (Lipinski definition) is 2. The van der Waals surface area contributed by atoms with E-state index in [0.717, 1.165) is 32.9 Å². The van der Waals surface area contributed by atoms with Crippen LogP contribution in [0.15, 0.2) is 36.4 Å². The number of alkyl carbamates (subject to hydrolysis) is 1. The Morgan fingerprint density at radius 1 is 1.00 bits per heavy atom. The summed E-state index contributed by atoms with van der Waals surface area (Å²) in [5.41, 5.74) is 3.44. The number of aliphatic carboxylic acids is 1. The van der Waals surface area contributed by atoms with Crippen LogP contribution in [0.5, 0.6) is 0 Å². The lowest BCUT2D eigenvalue weighted by Gasteiger charge is -2.30. The fourth-order valence-electron chi connectivity index (χ4n) is 3.44. The topological polar surface area (TPSA) is 75.6 Å². The summed E-state index contributed by atoms with van der Waals surface area (Å²) in [6.45, 7) is 13.2. The molecule has 1 amide bonds. The molecule has 0 saturated carbocycles. The highest BCUT2D eigenvalue weighted by Crippen LogP contribution is 2.46. The van der Waals surface area contributed by atoms with E-state index in [-0.39, 0.29) is 6.16 Å². The molecule has 7 heteroatoms. The summed E-state index contributed by atoms with van der Waals surface area (Å²) in [5, 5.41) is 14.4. The summed E-state index contributed by atoms with van der Waals surface area (Å²) in [6.07, 6.45) is -0.644.